The monoisotopic (exact) mass is 309 g/mol. The van der Waals surface area contributed by atoms with Crippen LogP contribution in [0.25, 0.3) is 0 Å². The van der Waals surface area contributed by atoms with Crippen LogP contribution in [0.15, 0.2) is 24.3 Å². The van der Waals surface area contributed by atoms with Crippen molar-refractivity contribution in [2.75, 3.05) is 13.1 Å². The number of rotatable bonds is 3. The Kier molecular flexibility index (Phi) is 4.13. The minimum atomic E-state index is -1.15. The zero-order chi connectivity index (χ0) is 16.5. The van der Waals surface area contributed by atoms with Gasteiger partial charge in [-0.15, -0.1) is 0 Å². The normalized spacial score (nSPS) is 16.8. The number of hydrogen-bond donors (Lipinski definition) is 1. The molecule has 0 unspecified atom stereocenters. The van der Waals surface area contributed by atoms with Crippen LogP contribution in [0.3, 0.4) is 0 Å². The average Bonchev–Trinajstić information content (AvgIpc) is 2.32. The molecule has 5 nitrogen and oxygen atoms in total. The molecule has 0 bridgehead atoms. The van der Waals surface area contributed by atoms with Gasteiger partial charge in [-0.2, -0.15) is 0 Å². The first-order chi connectivity index (χ1) is 10.1. The Morgan fingerprint density at radius 3 is 2.41 bits per heavy atom. The van der Waals surface area contributed by atoms with Gasteiger partial charge < -0.3 is 14.7 Å². The number of ether oxygens (including phenoxy) is 1. The molecule has 0 radical (unpaired) electrons. The van der Waals surface area contributed by atoms with Gasteiger partial charge in [-0.05, 0) is 38.8 Å². The number of carboxylic acids is 1. The van der Waals surface area contributed by atoms with Gasteiger partial charge in [0.05, 0.1) is 0 Å². The molecule has 1 aliphatic rings. The number of nitrogens with zero attached hydrogens (tertiary/aromatic N) is 1. The molecule has 22 heavy (non-hydrogen) atoms. The highest BCUT2D eigenvalue weighted by molar-refractivity contribution is 5.81. The van der Waals surface area contributed by atoms with Crippen LogP contribution in [0.1, 0.15) is 26.3 Å². The molecule has 1 aromatic rings. The second-order valence-corrected chi connectivity index (χ2v) is 6.69. The Labute approximate surface area is 128 Å². The van der Waals surface area contributed by atoms with E-state index in [0.29, 0.717) is 5.56 Å². The fourth-order valence-electron chi connectivity index (χ4n) is 2.47. The minimum Gasteiger partial charge on any atom is -0.481 e. The van der Waals surface area contributed by atoms with E-state index in [4.69, 9.17) is 4.74 Å². The predicted octanol–water partition coefficient (Wildman–Crippen LogP) is 2.69. The zero-order valence-electron chi connectivity index (χ0n) is 12.9. The van der Waals surface area contributed by atoms with Gasteiger partial charge in [0.2, 0.25) is 0 Å². The number of aliphatic carboxylic acids is 1. The van der Waals surface area contributed by atoms with Crippen molar-refractivity contribution in [2.24, 2.45) is 5.41 Å². The maximum atomic E-state index is 13.7. The predicted molar refractivity (Wildman–Crippen MR) is 78.0 cm³/mol. The number of amides is 1. The van der Waals surface area contributed by atoms with Crippen molar-refractivity contribution < 1.29 is 23.8 Å². The lowest BCUT2D eigenvalue weighted by Gasteiger charge is -2.47. The molecule has 6 heteroatoms. The Morgan fingerprint density at radius 2 is 1.91 bits per heavy atom. The fourth-order valence-corrected chi connectivity index (χ4v) is 2.47. The molecular weight excluding hydrogens is 289 g/mol. The minimum absolute atomic E-state index is 0.0194. The smallest absolute Gasteiger partial charge is 0.410 e. The summed E-state index contributed by atoms with van der Waals surface area (Å²) in [5.41, 5.74) is -1.45. The van der Waals surface area contributed by atoms with E-state index in [9.17, 15) is 19.1 Å². The molecule has 0 aliphatic carbocycles. The van der Waals surface area contributed by atoms with Crippen LogP contribution >= 0.6 is 0 Å². The second-order valence-electron chi connectivity index (χ2n) is 6.69. The van der Waals surface area contributed by atoms with Crippen LogP contribution < -0.4 is 0 Å². The van der Waals surface area contributed by atoms with Crippen molar-refractivity contribution in [2.45, 2.75) is 32.8 Å². The van der Waals surface area contributed by atoms with Gasteiger partial charge in [-0.25, -0.2) is 9.18 Å². The van der Waals surface area contributed by atoms with E-state index < -0.39 is 28.9 Å². The molecule has 0 aromatic heterocycles. The number of carbonyl (C=O) groups excluding carboxylic acids is 1. The van der Waals surface area contributed by atoms with Crippen molar-refractivity contribution in [3.8, 4) is 0 Å². The van der Waals surface area contributed by atoms with E-state index in [1.807, 2.05) is 0 Å². The second kappa shape index (κ2) is 5.59. The molecule has 1 aliphatic heterocycles. The number of hydrogen-bond acceptors (Lipinski definition) is 3. The zero-order valence-corrected chi connectivity index (χ0v) is 12.9. The van der Waals surface area contributed by atoms with E-state index in [1.54, 1.807) is 39.0 Å². The third kappa shape index (κ3) is 3.37. The Morgan fingerprint density at radius 1 is 1.32 bits per heavy atom. The van der Waals surface area contributed by atoms with Crippen LogP contribution in [0.4, 0.5) is 9.18 Å². The largest absolute Gasteiger partial charge is 0.481 e. The summed E-state index contributed by atoms with van der Waals surface area (Å²) < 4.78 is 18.9. The highest BCUT2D eigenvalue weighted by atomic mass is 19.1. The van der Waals surface area contributed by atoms with E-state index in [0.717, 1.165) is 0 Å². The fraction of sp³-hybridized carbons (Fsp3) is 0.500. The topological polar surface area (TPSA) is 66.8 Å². The van der Waals surface area contributed by atoms with Gasteiger partial charge in [0.1, 0.15) is 16.8 Å². The third-order valence-corrected chi connectivity index (χ3v) is 3.58. The third-order valence-electron chi connectivity index (χ3n) is 3.58. The first-order valence-corrected chi connectivity index (χ1v) is 7.08. The summed E-state index contributed by atoms with van der Waals surface area (Å²) in [4.78, 5) is 24.8. The van der Waals surface area contributed by atoms with Gasteiger partial charge in [0, 0.05) is 13.1 Å². The maximum absolute atomic E-state index is 13.7. The number of likely N-dealkylation sites (tertiary alicyclic amines) is 1. The molecule has 1 fully saturated rings. The molecule has 0 spiro atoms. The molecule has 2 rings (SSSR count). The first kappa shape index (κ1) is 16.3. The van der Waals surface area contributed by atoms with Crippen LogP contribution in [-0.2, 0) is 16.0 Å². The summed E-state index contributed by atoms with van der Waals surface area (Å²) in [5.74, 6) is -1.46. The van der Waals surface area contributed by atoms with Crippen LogP contribution in [-0.4, -0.2) is 40.8 Å². The SMILES string of the molecule is CC(C)(C)OC(=O)N1CC(Cc2ccccc2F)(C(=O)O)C1. The van der Waals surface area contributed by atoms with Crippen molar-refractivity contribution in [1.29, 1.82) is 0 Å². The maximum Gasteiger partial charge on any atom is 0.410 e. The standard InChI is InChI=1S/C16H20FNO4/c1-15(2,3)22-14(21)18-9-16(10-18,13(19)20)8-11-6-4-5-7-12(11)17/h4-7H,8-10H2,1-3H3,(H,19,20). The lowest BCUT2D eigenvalue weighted by atomic mass is 9.75. The van der Waals surface area contributed by atoms with E-state index in [-0.39, 0.29) is 19.5 Å². The molecule has 1 amide bonds. The summed E-state index contributed by atoms with van der Waals surface area (Å²) >= 11 is 0. The highest BCUT2D eigenvalue weighted by Gasteiger charge is 2.52. The Hall–Kier alpha value is -2.11. The Bertz CT molecular complexity index is 588. The van der Waals surface area contributed by atoms with E-state index in [2.05, 4.69) is 0 Å². The van der Waals surface area contributed by atoms with Gasteiger partial charge in [0.15, 0.2) is 0 Å². The molecule has 0 atom stereocenters. The molecule has 1 heterocycles. The lowest BCUT2D eigenvalue weighted by molar-refractivity contribution is -0.159. The summed E-state index contributed by atoms with van der Waals surface area (Å²) in [6.07, 6.45) is -0.494. The number of carboxylic acid groups (broad SMARTS) is 1. The van der Waals surface area contributed by atoms with Crippen molar-refractivity contribution >= 4 is 12.1 Å². The molecule has 0 saturated carbocycles. The van der Waals surface area contributed by atoms with Crippen LogP contribution in [0, 0.1) is 11.2 Å². The number of benzene rings is 1. The summed E-state index contributed by atoms with van der Waals surface area (Å²) in [7, 11) is 0. The van der Waals surface area contributed by atoms with Crippen molar-refractivity contribution in [3.63, 3.8) is 0 Å². The summed E-state index contributed by atoms with van der Waals surface area (Å²) in [6.45, 7) is 5.27. The number of carbonyl (C=O) groups is 2. The van der Waals surface area contributed by atoms with Gasteiger partial charge in [-0.1, -0.05) is 18.2 Å². The number of halogens is 1. The molecule has 1 saturated heterocycles. The molecular formula is C16H20FNO4. The summed E-state index contributed by atoms with van der Waals surface area (Å²) in [6, 6.07) is 6.09. The molecule has 1 N–H and O–H groups in total. The molecule has 1 aromatic carbocycles. The van der Waals surface area contributed by atoms with E-state index >= 15 is 0 Å². The van der Waals surface area contributed by atoms with E-state index in [1.165, 1.54) is 11.0 Å². The van der Waals surface area contributed by atoms with Gasteiger partial charge in [0.25, 0.3) is 0 Å². The quantitative estimate of drug-likeness (QED) is 0.932. The van der Waals surface area contributed by atoms with Gasteiger partial charge >= 0.3 is 12.1 Å². The van der Waals surface area contributed by atoms with Crippen LogP contribution in [0.2, 0.25) is 0 Å². The van der Waals surface area contributed by atoms with Crippen LogP contribution in [0.5, 0.6) is 0 Å². The summed E-state index contributed by atoms with van der Waals surface area (Å²) in [5, 5.41) is 9.47. The molecule has 120 valence electrons. The highest BCUT2D eigenvalue weighted by Crippen LogP contribution is 2.36. The van der Waals surface area contributed by atoms with Gasteiger partial charge in [-0.3, -0.25) is 4.79 Å². The van der Waals surface area contributed by atoms with Crippen molar-refractivity contribution in [3.05, 3.63) is 35.6 Å². The average molecular weight is 309 g/mol. The van der Waals surface area contributed by atoms with Crippen molar-refractivity contribution in [1.82, 2.24) is 4.90 Å². The lowest BCUT2D eigenvalue weighted by Crippen LogP contribution is -2.63. The Balaban J connectivity index is 2.07. The first-order valence-electron chi connectivity index (χ1n) is 7.08.